The normalized spacial score (nSPS) is 15.0. The van der Waals surface area contributed by atoms with Gasteiger partial charge in [-0.05, 0) is 51.1 Å². The summed E-state index contributed by atoms with van der Waals surface area (Å²) in [6.07, 6.45) is 0.295. The highest BCUT2D eigenvalue weighted by molar-refractivity contribution is 6.14. The molecule has 0 radical (unpaired) electrons. The van der Waals surface area contributed by atoms with Gasteiger partial charge in [-0.1, -0.05) is 42.5 Å². The summed E-state index contributed by atoms with van der Waals surface area (Å²) in [5.74, 6) is -4.89. The number of nitrogens with one attached hydrogen (secondary N) is 1. The highest BCUT2D eigenvalue weighted by Crippen LogP contribution is 2.44. The summed E-state index contributed by atoms with van der Waals surface area (Å²) < 4.78 is 37.0. The predicted octanol–water partition coefficient (Wildman–Crippen LogP) is 6.28. The van der Waals surface area contributed by atoms with Crippen LogP contribution in [0.25, 0.3) is 5.57 Å². The molecule has 41 heavy (non-hydrogen) atoms. The van der Waals surface area contributed by atoms with E-state index in [0.717, 1.165) is 6.08 Å². The Bertz CT molecular complexity index is 1450. The van der Waals surface area contributed by atoms with E-state index < -0.39 is 35.6 Å². The number of amides is 3. The Morgan fingerprint density at radius 1 is 0.927 bits per heavy atom. The molecule has 0 aromatic heterocycles. The van der Waals surface area contributed by atoms with E-state index in [9.17, 15) is 14.4 Å². The van der Waals surface area contributed by atoms with Crippen molar-refractivity contribution in [2.24, 2.45) is 0 Å². The molecule has 7 nitrogen and oxygen atoms in total. The van der Waals surface area contributed by atoms with Gasteiger partial charge < -0.3 is 19.9 Å². The third-order valence-corrected chi connectivity index (χ3v) is 6.93. The Hall–Kier alpha value is -4.53. The first-order valence-corrected chi connectivity index (χ1v) is 13.6. The standard InChI is InChI=1S/C32H33F2N3O4/c1-4-36(5-2)28(38)21-26-23-15-10-11-18-27(23)37(20-19-32(26,33)34)31(40)25-17-12-16-24(29(25)41-6-3)30(39)35-22-13-8-7-9-14-22/h7-18,21H,4-6,19-20H2,1-3H3,(H,35,39). The van der Waals surface area contributed by atoms with Crippen molar-refractivity contribution in [1.82, 2.24) is 4.90 Å². The number of likely N-dealkylation sites (N-methyl/N-ethyl adjacent to an activating group) is 1. The molecule has 0 spiro atoms. The van der Waals surface area contributed by atoms with Gasteiger partial charge in [0.1, 0.15) is 5.75 Å². The molecule has 0 atom stereocenters. The van der Waals surface area contributed by atoms with Gasteiger partial charge in [0.25, 0.3) is 17.7 Å². The molecular formula is C32H33F2N3O4. The molecule has 9 heteroatoms. The second kappa shape index (κ2) is 12.8. The van der Waals surface area contributed by atoms with Crippen LogP contribution in [-0.4, -0.2) is 54.8 Å². The number of carbonyl (C=O) groups excluding carboxylic acids is 3. The van der Waals surface area contributed by atoms with E-state index in [1.54, 1.807) is 75.4 Å². The molecule has 3 aromatic rings. The zero-order valence-electron chi connectivity index (χ0n) is 23.3. The molecule has 3 amide bonds. The monoisotopic (exact) mass is 561 g/mol. The van der Waals surface area contributed by atoms with Crippen LogP contribution in [0, 0.1) is 0 Å². The van der Waals surface area contributed by atoms with Crippen LogP contribution in [0.3, 0.4) is 0 Å². The number of para-hydroxylation sites is 3. The maximum Gasteiger partial charge on any atom is 0.275 e. The molecule has 0 saturated heterocycles. The highest BCUT2D eigenvalue weighted by atomic mass is 19.3. The largest absolute Gasteiger partial charge is 0.492 e. The summed E-state index contributed by atoms with van der Waals surface area (Å²) in [6.45, 7) is 5.91. The molecule has 214 valence electrons. The van der Waals surface area contributed by atoms with Gasteiger partial charge in [-0.25, -0.2) is 8.78 Å². The fourth-order valence-corrected chi connectivity index (χ4v) is 4.83. The number of rotatable bonds is 8. The average molecular weight is 562 g/mol. The van der Waals surface area contributed by atoms with Crippen molar-refractivity contribution in [3.63, 3.8) is 0 Å². The number of fused-ring (bicyclic) bond motifs is 1. The Labute approximate surface area is 238 Å². The molecule has 3 aromatic carbocycles. The number of benzene rings is 3. The van der Waals surface area contributed by atoms with Crippen molar-refractivity contribution in [3.8, 4) is 5.75 Å². The summed E-state index contributed by atoms with van der Waals surface area (Å²) in [6, 6.07) is 19.8. The number of allylic oxidation sites excluding steroid dienone is 1. The Balaban J connectivity index is 1.77. The first-order valence-electron chi connectivity index (χ1n) is 13.6. The minimum absolute atomic E-state index is 0.0643. The molecule has 1 aliphatic heterocycles. The Kier molecular flexibility index (Phi) is 9.17. The van der Waals surface area contributed by atoms with Crippen LogP contribution in [0.1, 0.15) is 53.5 Å². The fourth-order valence-electron chi connectivity index (χ4n) is 4.83. The predicted molar refractivity (Wildman–Crippen MR) is 156 cm³/mol. The van der Waals surface area contributed by atoms with E-state index >= 15 is 8.78 Å². The molecule has 0 bridgehead atoms. The summed E-state index contributed by atoms with van der Waals surface area (Å²) in [4.78, 5) is 42.8. The minimum atomic E-state index is -3.37. The third kappa shape index (κ3) is 6.29. The van der Waals surface area contributed by atoms with E-state index in [2.05, 4.69) is 5.32 Å². The quantitative estimate of drug-likeness (QED) is 0.329. The van der Waals surface area contributed by atoms with Crippen molar-refractivity contribution in [2.45, 2.75) is 33.1 Å². The van der Waals surface area contributed by atoms with Gasteiger partial charge in [0.05, 0.1) is 23.4 Å². The van der Waals surface area contributed by atoms with Crippen LogP contribution in [0.4, 0.5) is 20.2 Å². The zero-order chi connectivity index (χ0) is 29.6. The van der Waals surface area contributed by atoms with Gasteiger partial charge >= 0.3 is 0 Å². The van der Waals surface area contributed by atoms with Crippen LogP contribution in [-0.2, 0) is 4.79 Å². The average Bonchev–Trinajstić information content (AvgIpc) is 3.08. The van der Waals surface area contributed by atoms with Crippen molar-refractivity contribution in [2.75, 3.05) is 36.5 Å². The third-order valence-electron chi connectivity index (χ3n) is 6.93. The van der Waals surface area contributed by atoms with Gasteiger partial charge in [0.2, 0.25) is 5.91 Å². The first-order chi connectivity index (χ1) is 19.7. The number of alkyl halides is 2. The molecule has 0 saturated carbocycles. The van der Waals surface area contributed by atoms with E-state index in [-0.39, 0.29) is 41.3 Å². The maximum absolute atomic E-state index is 15.6. The SMILES string of the molecule is CCOc1c(C(=O)Nc2ccccc2)cccc1C(=O)N1CCC(F)(F)C(=CC(=O)N(CC)CC)c2ccccc21. The lowest BCUT2D eigenvalue weighted by Gasteiger charge is -2.24. The second-order valence-electron chi connectivity index (χ2n) is 9.43. The smallest absolute Gasteiger partial charge is 0.275 e. The molecule has 0 unspecified atom stereocenters. The van der Waals surface area contributed by atoms with E-state index in [4.69, 9.17) is 4.74 Å². The van der Waals surface area contributed by atoms with E-state index in [0.29, 0.717) is 18.8 Å². The minimum Gasteiger partial charge on any atom is -0.492 e. The summed E-state index contributed by atoms with van der Waals surface area (Å²) in [5.41, 5.74) is 0.688. The van der Waals surface area contributed by atoms with Gasteiger partial charge in [-0.15, -0.1) is 0 Å². The number of nitrogens with zero attached hydrogens (tertiary/aromatic N) is 2. The number of ether oxygens (including phenoxy) is 1. The summed E-state index contributed by atoms with van der Waals surface area (Å²) in [5, 5.41) is 2.80. The lowest BCUT2D eigenvalue weighted by molar-refractivity contribution is -0.125. The molecule has 1 aliphatic rings. The Morgan fingerprint density at radius 3 is 2.27 bits per heavy atom. The van der Waals surface area contributed by atoms with Crippen molar-refractivity contribution >= 4 is 34.7 Å². The van der Waals surface area contributed by atoms with Gasteiger partial charge in [-0.3, -0.25) is 14.4 Å². The van der Waals surface area contributed by atoms with Gasteiger partial charge in [0.15, 0.2) is 0 Å². The topological polar surface area (TPSA) is 79.0 Å². The van der Waals surface area contributed by atoms with Crippen LogP contribution < -0.4 is 15.0 Å². The maximum atomic E-state index is 15.6. The van der Waals surface area contributed by atoms with E-state index in [1.165, 1.54) is 21.9 Å². The number of carbonyl (C=O) groups is 3. The summed E-state index contributed by atoms with van der Waals surface area (Å²) in [7, 11) is 0. The molecule has 0 fully saturated rings. The summed E-state index contributed by atoms with van der Waals surface area (Å²) >= 11 is 0. The zero-order valence-corrected chi connectivity index (χ0v) is 23.3. The number of hydrogen-bond acceptors (Lipinski definition) is 4. The van der Waals surface area contributed by atoms with Crippen molar-refractivity contribution < 1.29 is 27.9 Å². The molecule has 0 aliphatic carbocycles. The Morgan fingerprint density at radius 2 is 1.59 bits per heavy atom. The molecule has 1 N–H and O–H groups in total. The van der Waals surface area contributed by atoms with Crippen molar-refractivity contribution in [3.05, 3.63) is 95.6 Å². The molecule has 4 rings (SSSR count). The van der Waals surface area contributed by atoms with Crippen LogP contribution in [0.2, 0.25) is 0 Å². The molecular weight excluding hydrogens is 528 g/mol. The number of anilines is 2. The fraction of sp³-hybridized carbons (Fsp3) is 0.281. The number of halogens is 2. The first kappa shape index (κ1) is 29.5. The van der Waals surface area contributed by atoms with Gasteiger partial charge in [-0.2, -0.15) is 0 Å². The lowest BCUT2D eigenvalue weighted by atomic mass is 9.96. The lowest BCUT2D eigenvalue weighted by Crippen LogP contribution is -2.34. The van der Waals surface area contributed by atoms with Crippen molar-refractivity contribution in [1.29, 1.82) is 0 Å². The highest BCUT2D eigenvalue weighted by Gasteiger charge is 2.42. The second-order valence-corrected chi connectivity index (χ2v) is 9.43. The van der Waals surface area contributed by atoms with Crippen LogP contribution in [0.5, 0.6) is 5.75 Å². The van der Waals surface area contributed by atoms with Crippen LogP contribution >= 0.6 is 0 Å². The van der Waals surface area contributed by atoms with Gasteiger partial charge in [0, 0.05) is 49.0 Å². The molecule has 1 heterocycles. The van der Waals surface area contributed by atoms with E-state index in [1.807, 2.05) is 6.07 Å². The number of hydrogen-bond donors (Lipinski definition) is 1. The van der Waals surface area contributed by atoms with Crippen LogP contribution in [0.15, 0.2) is 78.9 Å².